The Hall–Kier alpha value is -3.42. The maximum Gasteiger partial charge on any atom is 0.252 e. The molecule has 0 aliphatic carbocycles. The van der Waals surface area contributed by atoms with E-state index in [1.165, 1.54) is 179 Å². The first kappa shape index (κ1) is 64.6. The van der Waals surface area contributed by atoms with Gasteiger partial charge >= 0.3 is 0 Å². The van der Waals surface area contributed by atoms with Gasteiger partial charge in [-0.15, -0.1) is 0 Å². The largest absolute Gasteiger partial charge is 0.352 e. The lowest BCUT2D eigenvalue weighted by atomic mass is 9.95. The summed E-state index contributed by atoms with van der Waals surface area (Å²) in [6.07, 6.45) is 56.6. The molecular formula is C62H110N4O4. The second kappa shape index (κ2) is 49.2. The fourth-order valence-electron chi connectivity index (χ4n) is 9.10. The number of carbonyl (C=O) groups excluding carboxylic acids is 4. The van der Waals surface area contributed by atoms with Gasteiger partial charge in [0.2, 0.25) is 0 Å². The number of hydrogen-bond donors (Lipinski definition) is 4. The van der Waals surface area contributed by atoms with Crippen LogP contribution < -0.4 is 21.3 Å². The third-order valence-electron chi connectivity index (χ3n) is 13.7. The molecule has 0 saturated heterocycles. The third-order valence-corrected chi connectivity index (χ3v) is 13.7. The topological polar surface area (TPSA) is 116 Å². The molecule has 1 aromatic carbocycles. The number of nitrogens with one attached hydrogen (secondary N) is 4. The van der Waals surface area contributed by atoms with E-state index in [4.69, 9.17) is 0 Å². The summed E-state index contributed by atoms with van der Waals surface area (Å²) in [6.45, 7) is 10.9. The molecule has 4 amide bonds. The quantitative estimate of drug-likeness (QED) is 0.0384. The second-order valence-electron chi connectivity index (χ2n) is 20.4. The van der Waals surface area contributed by atoms with Crippen molar-refractivity contribution >= 4 is 23.6 Å². The summed E-state index contributed by atoms with van der Waals surface area (Å²) in [4.78, 5) is 55.7. The fraction of sp³-hybridized carbons (Fsp3) is 0.774. The normalized spacial score (nSPS) is 11.5. The zero-order valence-electron chi connectivity index (χ0n) is 46.2. The molecule has 1 rings (SSSR count). The van der Waals surface area contributed by atoms with Crippen LogP contribution in [0.4, 0.5) is 0 Å². The minimum Gasteiger partial charge on any atom is -0.352 e. The van der Waals surface area contributed by atoms with Crippen LogP contribution in [-0.4, -0.2) is 49.8 Å². The van der Waals surface area contributed by atoms with Crippen molar-refractivity contribution in [2.24, 2.45) is 0 Å². The Kier molecular flexibility index (Phi) is 45.4. The van der Waals surface area contributed by atoms with Gasteiger partial charge in [0, 0.05) is 26.2 Å². The third kappa shape index (κ3) is 36.5. The maximum absolute atomic E-state index is 14.0. The number of hydrogen-bond acceptors (Lipinski definition) is 4. The van der Waals surface area contributed by atoms with Crippen molar-refractivity contribution in [2.45, 2.75) is 285 Å². The van der Waals surface area contributed by atoms with Crippen LogP contribution >= 0.6 is 0 Å². The molecule has 0 spiro atoms. The Morgan fingerprint density at radius 2 is 0.443 bits per heavy atom. The first-order valence-electron chi connectivity index (χ1n) is 30.0. The predicted molar refractivity (Wildman–Crippen MR) is 301 cm³/mol. The number of carbonyl (C=O) groups is 4. The average molecular weight is 976 g/mol. The van der Waals surface area contributed by atoms with Crippen LogP contribution in [-0.2, 0) is 0 Å². The van der Waals surface area contributed by atoms with E-state index in [0.29, 0.717) is 26.2 Å². The summed E-state index contributed by atoms with van der Waals surface area (Å²) in [5.74, 6) is -1.56. The first-order chi connectivity index (χ1) is 34.4. The van der Waals surface area contributed by atoms with Crippen molar-refractivity contribution < 1.29 is 19.2 Å². The zero-order chi connectivity index (χ0) is 50.8. The SMILES string of the molecule is CCCCCCCC/C=C\CCCCCCCCNC(=O)c1cc(C(=O)NCCCCCCCC)c(C(=O)NCCCCCCCC/C=C\CCCCCCCC)cc1C(=O)NCCCCCCCC. The smallest absolute Gasteiger partial charge is 0.252 e. The van der Waals surface area contributed by atoms with E-state index < -0.39 is 23.6 Å². The van der Waals surface area contributed by atoms with E-state index in [1.54, 1.807) is 0 Å². The van der Waals surface area contributed by atoms with Crippen LogP contribution in [0, 0.1) is 0 Å². The maximum atomic E-state index is 14.0. The number of unbranched alkanes of at least 4 members (excludes halogenated alkanes) is 34. The molecule has 0 unspecified atom stereocenters. The van der Waals surface area contributed by atoms with Gasteiger partial charge in [-0.2, -0.15) is 0 Å². The van der Waals surface area contributed by atoms with Crippen LogP contribution in [0.3, 0.4) is 0 Å². The van der Waals surface area contributed by atoms with Crippen molar-refractivity contribution in [1.29, 1.82) is 0 Å². The summed E-state index contributed by atoms with van der Waals surface area (Å²) < 4.78 is 0. The highest BCUT2D eigenvalue weighted by Gasteiger charge is 2.26. The van der Waals surface area contributed by atoms with Crippen LogP contribution in [0.15, 0.2) is 36.4 Å². The van der Waals surface area contributed by atoms with Gasteiger partial charge in [-0.25, -0.2) is 0 Å². The number of rotatable bonds is 50. The molecule has 70 heavy (non-hydrogen) atoms. The summed E-state index contributed by atoms with van der Waals surface area (Å²) in [5.41, 5.74) is 0.554. The molecule has 0 fully saturated rings. The lowest BCUT2D eigenvalue weighted by Gasteiger charge is -2.17. The molecule has 8 heteroatoms. The van der Waals surface area contributed by atoms with Crippen LogP contribution in [0.1, 0.15) is 326 Å². The molecule has 0 radical (unpaired) electrons. The van der Waals surface area contributed by atoms with Crippen molar-refractivity contribution in [1.82, 2.24) is 21.3 Å². The fourth-order valence-corrected chi connectivity index (χ4v) is 9.10. The van der Waals surface area contributed by atoms with Crippen molar-refractivity contribution in [3.63, 3.8) is 0 Å². The second-order valence-corrected chi connectivity index (χ2v) is 20.4. The average Bonchev–Trinajstić information content (AvgIpc) is 3.36. The van der Waals surface area contributed by atoms with Crippen LogP contribution in [0.25, 0.3) is 0 Å². The molecule has 0 saturated carbocycles. The van der Waals surface area contributed by atoms with E-state index >= 15 is 0 Å². The number of amides is 4. The van der Waals surface area contributed by atoms with E-state index in [-0.39, 0.29) is 22.3 Å². The van der Waals surface area contributed by atoms with E-state index in [9.17, 15) is 19.2 Å². The van der Waals surface area contributed by atoms with Gasteiger partial charge in [-0.3, -0.25) is 19.2 Å². The Labute approximate surface area is 431 Å². The molecule has 0 heterocycles. The van der Waals surface area contributed by atoms with E-state index in [2.05, 4.69) is 73.3 Å². The first-order valence-corrected chi connectivity index (χ1v) is 30.0. The molecule has 0 aromatic heterocycles. The molecule has 0 aliphatic heterocycles. The number of allylic oxidation sites excluding steroid dienone is 4. The summed E-state index contributed by atoms with van der Waals surface area (Å²) in [6, 6.07) is 2.98. The molecule has 0 aliphatic rings. The molecular weight excluding hydrogens is 865 g/mol. The number of benzene rings is 1. The zero-order valence-corrected chi connectivity index (χ0v) is 46.2. The van der Waals surface area contributed by atoms with Gasteiger partial charge in [-0.05, 0) is 89.2 Å². The van der Waals surface area contributed by atoms with E-state index in [0.717, 1.165) is 89.9 Å². The van der Waals surface area contributed by atoms with Crippen LogP contribution in [0.2, 0.25) is 0 Å². The minimum absolute atomic E-state index is 0.138. The van der Waals surface area contributed by atoms with Crippen molar-refractivity contribution in [3.05, 3.63) is 58.7 Å². The summed E-state index contributed by atoms with van der Waals surface area (Å²) in [7, 11) is 0. The Morgan fingerprint density at radius 1 is 0.271 bits per heavy atom. The van der Waals surface area contributed by atoms with Gasteiger partial charge in [0.25, 0.3) is 23.6 Å². The van der Waals surface area contributed by atoms with Gasteiger partial charge < -0.3 is 21.3 Å². The highest BCUT2D eigenvalue weighted by atomic mass is 16.2. The molecule has 0 atom stereocenters. The minimum atomic E-state index is -0.391. The Bertz CT molecular complexity index is 1380. The molecule has 402 valence electrons. The van der Waals surface area contributed by atoms with Gasteiger partial charge in [0.15, 0.2) is 0 Å². The Morgan fingerprint density at radius 3 is 0.643 bits per heavy atom. The molecule has 0 bridgehead atoms. The van der Waals surface area contributed by atoms with E-state index in [1.807, 2.05) is 0 Å². The summed E-state index contributed by atoms with van der Waals surface area (Å²) in [5, 5.41) is 12.2. The predicted octanol–water partition coefficient (Wildman–Crippen LogP) is 17.4. The molecule has 4 N–H and O–H groups in total. The standard InChI is InChI=1S/C62H110N4O4/c1-5-9-13-17-21-23-25-27-29-31-33-35-37-39-43-47-51-65-61(69)57-53-56(60(68)64-50-46-42-20-16-12-8-4)58(54-55(57)59(67)63-49-45-41-19-15-11-7-3)62(70)66-52-48-44-40-38-36-34-32-30-28-26-24-22-18-14-10-6-2/h27-30,53-54H,5-26,31-52H2,1-4H3,(H,63,67)(H,64,68)(H,65,69)(H,66,70)/b29-27-,30-28-. The highest BCUT2D eigenvalue weighted by Crippen LogP contribution is 2.20. The van der Waals surface area contributed by atoms with Crippen LogP contribution in [0.5, 0.6) is 0 Å². The molecule has 1 aromatic rings. The molecule has 8 nitrogen and oxygen atoms in total. The monoisotopic (exact) mass is 975 g/mol. The summed E-state index contributed by atoms with van der Waals surface area (Å²) >= 11 is 0. The van der Waals surface area contributed by atoms with Gasteiger partial charge in [0.1, 0.15) is 0 Å². The van der Waals surface area contributed by atoms with Crippen molar-refractivity contribution in [2.75, 3.05) is 26.2 Å². The lowest BCUT2D eigenvalue weighted by molar-refractivity contribution is 0.0907. The van der Waals surface area contributed by atoms with Crippen molar-refractivity contribution in [3.8, 4) is 0 Å². The Balaban J connectivity index is 2.90. The van der Waals surface area contributed by atoms with Gasteiger partial charge in [0.05, 0.1) is 22.3 Å². The lowest BCUT2D eigenvalue weighted by Crippen LogP contribution is -2.34. The van der Waals surface area contributed by atoms with Gasteiger partial charge in [-0.1, -0.05) is 232 Å². The highest BCUT2D eigenvalue weighted by molar-refractivity contribution is 6.14.